The summed E-state index contributed by atoms with van der Waals surface area (Å²) in [6.07, 6.45) is 4.01. The third-order valence-electron chi connectivity index (χ3n) is 3.82. The van der Waals surface area contributed by atoms with Crippen LogP contribution in [0.25, 0.3) is 0 Å². The van der Waals surface area contributed by atoms with Gasteiger partial charge in [-0.3, -0.25) is 4.79 Å². The lowest BCUT2D eigenvalue weighted by atomic mass is 10.1. The smallest absolute Gasteiger partial charge is 0.253 e. The number of furan rings is 1. The Kier molecular flexibility index (Phi) is 4.67. The van der Waals surface area contributed by atoms with Crippen LogP contribution in [0.2, 0.25) is 0 Å². The molecule has 0 saturated heterocycles. The molecule has 4 rings (SSSR count). The summed E-state index contributed by atoms with van der Waals surface area (Å²) >= 11 is 3.04. The van der Waals surface area contributed by atoms with Crippen LogP contribution in [0.3, 0.4) is 0 Å². The fraction of sp³-hybridized carbons (Fsp3) is 0.167. The van der Waals surface area contributed by atoms with E-state index >= 15 is 0 Å². The van der Waals surface area contributed by atoms with Crippen molar-refractivity contribution in [3.63, 3.8) is 0 Å². The van der Waals surface area contributed by atoms with Crippen LogP contribution in [0.5, 0.6) is 0 Å². The van der Waals surface area contributed by atoms with E-state index in [4.69, 9.17) is 4.42 Å². The number of thiophene rings is 1. The predicted octanol–water partition coefficient (Wildman–Crippen LogP) is 4.21. The third kappa shape index (κ3) is 3.52. The van der Waals surface area contributed by atoms with Gasteiger partial charge in [-0.25, -0.2) is 9.99 Å². The normalized spacial score (nSPS) is 16.9. The molecule has 1 amide bonds. The predicted molar refractivity (Wildman–Crippen MR) is 98.7 cm³/mol. The minimum Gasteiger partial charge on any atom is -0.467 e. The van der Waals surface area contributed by atoms with Crippen LogP contribution in [0, 0.1) is 0 Å². The van der Waals surface area contributed by atoms with Gasteiger partial charge in [-0.1, -0.05) is 23.9 Å². The number of amides is 1. The molecule has 0 aliphatic carbocycles. The van der Waals surface area contributed by atoms with E-state index in [9.17, 15) is 4.79 Å². The summed E-state index contributed by atoms with van der Waals surface area (Å²) in [5.41, 5.74) is 0.924. The van der Waals surface area contributed by atoms with Crippen molar-refractivity contribution >= 4 is 34.7 Å². The van der Waals surface area contributed by atoms with Crippen LogP contribution < -0.4 is 0 Å². The van der Waals surface area contributed by atoms with Crippen molar-refractivity contribution in [3.8, 4) is 0 Å². The van der Waals surface area contributed by atoms with Gasteiger partial charge >= 0.3 is 0 Å². The lowest BCUT2D eigenvalue weighted by molar-refractivity contribution is -0.130. The maximum Gasteiger partial charge on any atom is 0.253 e. The second-order valence-electron chi connectivity index (χ2n) is 5.45. The van der Waals surface area contributed by atoms with E-state index in [0.717, 1.165) is 21.4 Å². The van der Waals surface area contributed by atoms with Crippen molar-refractivity contribution < 1.29 is 9.21 Å². The van der Waals surface area contributed by atoms with Crippen LogP contribution >= 0.6 is 23.1 Å². The molecule has 0 fully saturated rings. The van der Waals surface area contributed by atoms with E-state index in [2.05, 4.69) is 10.1 Å². The number of hydrogen-bond acceptors (Lipinski definition) is 6. The van der Waals surface area contributed by atoms with Gasteiger partial charge < -0.3 is 4.42 Å². The molecule has 1 atom stereocenters. The Bertz CT molecular complexity index is 861. The molecule has 0 spiro atoms. The van der Waals surface area contributed by atoms with E-state index in [-0.39, 0.29) is 17.7 Å². The first kappa shape index (κ1) is 16.1. The average molecular weight is 369 g/mol. The van der Waals surface area contributed by atoms with E-state index in [1.807, 2.05) is 47.8 Å². The van der Waals surface area contributed by atoms with Gasteiger partial charge in [0.25, 0.3) is 5.91 Å². The van der Waals surface area contributed by atoms with Gasteiger partial charge in [0.15, 0.2) is 0 Å². The zero-order valence-corrected chi connectivity index (χ0v) is 14.9. The van der Waals surface area contributed by atoms with Gasteiger partial charge in [-0.15, -0.1) is 11.3 Å². The Morgan fingerprint density at radius 3 is 2.96 bits per heavy atom. The molecule has 0 bridgehead atoms. The molecule has 3 aromatic heterocycles. The molecule has 3 aromatic rings. The number of nitrogens with zero attached hydrogens (tertiary/aromatic N) is 3. The molecule has 1 unspecified atom stereocenters. The van der Waals surface area contributed by atoms with E-state index in [1.165, 1.54) is 11.8 Å². The molecule has 1 aliphatic rings. The number of carbonyl (C=O) groups is 1. The highest BCUT2D eigenvalue weighted by Gasteiger charge is 2.35. The highest BCUT2D eigenvalue weighted by Crippen LogP contribution is 2.34. The zero-order chi connectivity index (χ0) is 17.1. The third-order valence-corrected chi connectivity index (χ3v) is 5.67. The SMILES string of the molecule is O=C(CSc1ccccn1)N1N=C(c2cccs2)CC1c1ccco1. The molecule has 7 heteroatoms. The Morgan fingerprint density at radius 1 is 1.28 bits per heavy atom. The first-order valence-corrected chi connectivity index (χ1v) is 9.68. The van der Waals surface area contributed by atoms with Gasteiger partial charge in [0, 0.05) is 12.6 Å². The quantitative estimate of drug-likeness (QED) is 0.632. The number of hydrogen-bond donors (Lipinski definition) is 0. The second-order valence-corrected chi connectivity index (χ2v) is 7.40. The lowest BCUT2D eigenvalue weighted by Crippen LogP contribution is -2.28. The summed E-state index contributed by atoms with van der Waals surface area (Å²) in [7, 11) is 0. The Balaban J connectivity index is 1.54. The van der Waals surface area contributed by atoms with Crippen LogP contribution in [0.1, 0.15) is 23.1 Å². The fourth-order valence-electron chi connectivity index (χ4n) is 2.67. The first-order chi connectivity index (χ1) is 12.3. The second kappa shape index (κ2) is 7.25. The van der Waals surface area contributed by atoms with Crippen LogP contribution in [-0.2, 0) is 4.79 Å². The highest BCUT2D eigenvalue weighted by atomic mass is 32.2. The summed E-state index contributed by atoms with van der Waals surface area (Å²) in [4.78, 5) is 18.1. The Hall–Kier alpha value is -2.38. The zero-order valence-electron chi connectivity index (χ0n) is 13.2. The minimum absolute atomic E-state index is 0.0522. The number of rotatable bonds is 5. The first-order valence-electron chi connectivity index (χ1n) is 7.82. The summed E-state index contributed by atoms with van der Waals surface area (Å²) in [5, 5.41) is 9.00. The minimum atomic E-state index is -0.191. The van der Waals surface area contributed by atoms with Gasteiger partial charge in [0.05, 0.1) is 27.6 Å². The van der Waals surface area contributed by atoms with Crippen LogP contribution in [-0.4, -0.2) is 27.4 Å². The van der Waals surface area contributed by atoms with Crippen LogP contribution in [0.4, 0.5) is 0 Å². The summed E-state index contributed by atoms with van der Waals surface area (Å²) < 4.78 is 5.54. The number of aromatic nitrogens is 1. The van der Waals surface area contributed by atoms with Crippen molar-refractivity contribution in [1.82, 2.24) is 9.99 Å². The fourth-order valence-corrected chi connectivity index (χ4v) is 4.10. The summed E-state index contributed by atoms with van der Waals surface area (Å²) in [6, 6.07) is 13.2. The molecule has 0 N–H and O–H groups in total. The van der Waals surface area contributed by atoms with Crippen molar-refractivity contribution in [2.45, 2.75) is 17.5 Å². The number of thioether (sulfide) groups is 1. The molecule has 0 aromatic carbocycles. The van der Waals surface area contributed by atoms with Crippen molar-refractivity contribution in [3.05, 3.63) is 70.9 Å². The molecule has 4 heterocycles. The molecule has 0 saturated carbocycles. The van der Waals surface area contributed by atoms with Gasteiger partial charge in [0.1, 0.15) is 11.8 Å². The molecular weight excluding hydrogens is 354 g/mol. The maximum absolute atomic E-state index is 12.8. The maximum atomic E-state index is 12.8. The largest absolute Gasteiger partial charge is 0.467 e. The number of hydrazone groups is 1. The Labute approximate surface area is 153 Å². The van der Waals surface area contributed by atoms with Crippen molar-refractivity contribution in [2.75, 3.05) is 5.75 Å². The molecule has 0 radical (unpaired) electrons. The number of carbonyl (C=O) groups excluding carboxylic acids is 1. The van der Waals surface area contributed by atoms with Crippen molar-refractivity contribution in [2.24, 2.45) is 5.10 Å². The molecule has 126 valence electrons. The van der Waals surface area contributed by atoms with Gasteiger partial charge in [-0.05, 0) is 35.7 Å². The summed E-state index contributed by atoms with van der Waals surface area (Å²) in [6.45, 7) is 0. The highest BCUT2D eigenvalue weighted by molar-refractivity contribution is 7.99. The lowest BCUT2D eigenvalue weighted by Gasteiger charge is -2.19. The van der Waals surface area contributed by atoms with Crippen LogP contribution in [0.15, 0.2) is 74.8 Å². The molecule has 5 nitrogen and oxygen atoms in total. The van der Waals surface area contributed by atoms with Crippen molar-refractivity contribution in [1.29, 1.82) is 0 Å². The molecule has 1 aliphatic heterocycles. The average Bonchev–Trinajstić information content (AvgIpc) is 3.40. The number of pyridine rings is 1. The Morgan fingerprint density at radius 2 is 2.24 bits per heavy atom. The molecule has 25 heavy (non-hydrogen) atoms. The molecular formula is C18H15N3O2S2. The monoisotopic (exact) mass is 369 g/mol. The van der Waals surface area contributed by atoms with Gasteiger partial charge in [0.2, 0.25) is 0 Å². The standard InChI is InChI=1S/C18H15N3O2S2/c22-18(12-25-17-7-1-2-8-19-17)21-14(15-5-3-9-23-15)11-13(20-21)16-6-4-10-24-16/h1-10,14H,11-12H2. The van der Waals surface area contributed by atoms with Gasteiger partial charge in [-0.2, -0.15) is 5.10 Å². The topological polar surface area (TPSA) is 58.7 Å². The summed E-state index contributed by atoms with van der Waals surface area (Å²) in [5.74, 6) is 0.991. The van der Waals surface area contributed by atoms with E-state index < -0.39 is 0 Å². The van der Waals surface area contributed by atoms with E-state index in [0.29, 0.717) is 6.42 Å². The van der Waals surface area contributed by atoms with E-state index in [1.54, 1.807) is 28.8 Å².